The number of rotatable bonds is 8. The van der Waals surface area contributed by atoms with Gasteiger partial charge in [-0.25, -0.2) is 8.42 Å². The second-order valence-corrected chi connectivity index (χ2v) is 7.96. The lowest BCUT2D eigenvalue weighted by Crippen LogP contribution is -2.41. The van der Waals surface area contributed by atoms with Crippen LogP contribution in [0.5, 0.6) is 5.75 Å². The molecule has 0 spiro atoms. The zero-order valence-corrected chi connectivity index (χ0v) is 16.3. The van der Waals surface area contributed by atoms with Gasteiger partial charge in [-0.15, -0.1) is 0 Å². The number of morpholine rings is 1. The summed E-state index contributed by atoms with van der Waals surface area (Å²) in [7, 11) is -2.36. The number of methoxy groups -OCH3 is 1. The van der Waals surface area contributed by atoms with Crippen molar-refractivity contribution in [2.45, 2.75) is 24.8 Å². The lowest BCUT2D eigenvalue weighted by Gasteiger charge is -2.26. The largest absolute Gasteiger partial charge is 0.495 e. The van der Waals surface area contributed by atoms with Crippen LogP contribution < -0.4 is 15.4 Å². The average molecular weight is 385 g/mol. The summed E-state index contributed by atoms with van der Waals surface area (Å²) >= 11 is 0. The van der Waals surface area contributed by atoms with Crippen LogP contribution in [0.2, 0.25) is 0 Å². The fourth-order valence-corrected chi connectivity index (χ4v) is 4.30. The van der Waals surface area contributed by atoms with Crippen molar-refractivity contribution in [3.8, 4) is 5.75 Å². The zero-order chi connectivity index (χ0) is 19.2. The van der Waals surface area contributed by atoms with Gasteiger partial charge in [-0.3, -0.25) is 4.79 Å². The van der Waals surface area contributed by atoms with Gasteiger partial charge in [-0.05, 0) is 31.7 Å². The minimum absolute atomic E-state index is 0.00529. The quantitative estimate of drug-likeness (QED) is 0.674. The Labute approximate surface area is 154 Å². The molecule has 9 heteroatoms. The number of carbonyl (C=O) groups excluding carboxylic acids is 1. The molecule has 0 saturated carbocycles. The van der Waals surface area contributed by atoms with Gasteiger partial charge in [0.25, 0.3) is 5.91 Å². The Hall–Kier alpha value is -1.68. The van der Waals surface area contributed by atoms with Gasteiger partial charge in [0.15, 0.2) is 0 Å². The van der Waals surface area contributed by atoms with E-state index < -0.39 is 10.0 Å². The predicted octanol–water partition coefficient (Wildman–Crippen LogP) is 0.444. The second kappa shape index (κ2) is 9.31. The van der Waals surface area contributed by atoms with Crippen molar-refractivity contribution in [3.05, 3.63) is 23.8 Å². The second-order valence-electron chi connectivity index (χ2n) is 6.05. The van der Waals surface area contributed by atoms with Gasteiger partial charge in [-0.1, -0.05) is 6.92 Å². The van der Waals surface area contributed by atoms with Crippen LogP contribution in [-0.2, 0) is 14.8 Å². The van der Waals surface area contributed by atoms with E-state index in [1.54, 1.807) is 6.07 Å². The van der Waals surface area contributed by atoms with Crippen LogP contribution >= 0.6 is 0 Å². The SMILES string of the molecule is CCN[C@H](C)CNC(=O)c1ccc(OC)c(S(=O)(=O)N2CCOCC2)c1. The van der Waals surface area contributed by atoms with E-state index in [9.17, 15) is 13.2 Å². The number of nitrogens with one attached hydrogen (secondary N) is 2. The van der Waals surface area contributed by atoms with Crippen LogP contribution in [0.1, 0.15) is 24.2 Å². The summed E-state index contributed by atoms with van der Waals surface area (Å²) in [5.41, 5.74) is 0.279. The molecule has 1 aliphatic rings. The molecule has 2 N–H and O–H groups in total. The van der Waals surface area contributed by atoms with E-state index in [0.29, 0.717) is 19.8 Å². The normalized spacial score (nSPS) is 16.9. The first kappa shape index (κ1) is 20.6. The molecule has 0 radical (unpaired) electrons. The molecule has 1 fully saturated rings. The molecular weight excluding hydrogens is 358 g/mol. The highest BCUT2D eigenvalue weighted by molar-refractivity contribution is 7.89. The van der Waals surface area contributed by atoms with E-state index in [2.05, 4.69) is 10.6 Å². The van der Waals surface area contributed by atoms with Gasteiger partial charge in [-0.2, -0.15) is 4.31 Å². The van der Waals surface area contributed by atoms with Crippen molar-refractivity contribution in [3.63, 3.8) is 0 Å². The first-order chi connectivity index (χ1) is 12.4. The summed E-state index contributed by atoms with van der Waals surface area (Å²) in [4.78, 5) is 12.4. The highest BCUT2D eigenvalue weighted by atomic mass is 32.2. The molecule has 26 heavy (non-hydrogen) atoms. The van der Waals surface area contributed by atoms with Crippen LogP contribution in [0.3, 0.4) is 0 Å². The van der Waals surface area contributed by atoms with Gasteiger partial charge in [0.05, 0.1) is 20.3 Å². The van der Waals surface area contributed by atoms with Gasteiger partial charge in [0.1, 0.15) is 10.6 Å². The van der Waals surface area contributed by atoms with E-state index in [1.807, 2.05) is 13.8 Å². The molecule has 1 aromatic carbocycles. The number of hydrogen-bond acceptors (Lipinski definition) is 6. The maximum absolute atomic E-state index is 12.9. The Kier molecular flexibility index (Phi) is 7.39. The van der Waals surface area contributed by atoms with E-state index in [0.717, 1.165) is 6.54 Å². The first-order valence-corrected chi connectivity index (χ1v) is 10.1. The van der Waals surface area contributed by atoms with Crippen molar-refractivity contribution >= 4 is 15.9 Å². The molecule has 2 rings (SSSR count). The third-order valence-corrected chi connectivity index (χ3v) is 6.05. The number of hydrogen-bond donors (Lipinski definition) is 2. The van der Waals surface area contributed by atoms with Crippen molar-refractivity contribution < 1.29 is 22.7 Å². The highest BCUT2D eigenvalue weighted by Gasteiger charge is 2.30. The van der Waals surface area contributed by atoms with Gasteiger partial charge in [0, 0.05) is 31.2 Å². The number of carbonyl (C=O) groups is 1. The molecule has 0 bridgehead atoms. The zero-order valence-electron chi connectivity index (χ0n) is 15.4. The smallest absolute Gasteiger partial charge is 0.251 e. The summed E-state index contributed by atoms with van der Waals surface area (Å²) in [5, 5.41) is 6.01. The van der Waals surface area contributed by atoms with Gasteiger partial charge < -0.3 is 20.1 Å². The van der Waals surface area contributed by atoms with Crippen LogP contribution in [0.4, 0.5) is 0 Å². The number of ether oxygens (including phenoxy) is 2. The predicted molar refractivity (Wildman–Crippen MR) is 98.0 cm³/mol. The molecule has 1 aliphatic heterocycles. The number of benzene rings is 1. The topological polar surface area (TPSA) is 97.0 Å². The highest BCUT2D eigenvalue weighted by Crippen LogP contribution is 2.28. The number of nitrogens with zero attached hydrogens (tertiary/aromatic N) is 1. The average Bonchev–Trinajstić information content (AvgIpc) is 2.66. The van der Waals surface area contributed by atoms with Gasteiger partial charge in [0.2, 0.25) is 10.0 Å². The van der Waals surface area contributed by atoms with E-state index >= 15 is 0 Å². The van der Waals surface area contributed by atoms with E-state index in [4.69, 9.17) is 9.47 Å². The molecule has 0 aliphatic carbocycles. The molecule has 0 aromatic heterocycles. The van der Waals surface area contributed by atoms with Crippen molar-refractivity contribution in [1.29, 1.82) is 0 Å². The Morgan fingerprint density at radius 2 is 2.04 bits per heavy atom. The molecule has 0 unspecified atom stereocenters. The molecule has 1 amide bonds. The third-order valence-electron chi connectivity index (χ3n) is 4.14. The summed E-state index contributed by atoms with van der Waals surface area (Å²) < 4.78 is 37.7. The monoisotopic (exact) mass is 385 g/mol. The molecule has 1 atom stereocenters. The summed E-state index contributed by atoms with van der Waals surface area (Å²) in [6, 6.07) is 4.57. The lowest BCUT2D eigenvalue weighted by molar-refractivity contribution is 0.0729. The lowest BCUT2D eigenvalue weighted by atomic mass is 10.2. The Morgan fingerprint density at radius 1 is 1.35 bits per heavy atom. The number of sulfonamides is 1. The minimum Gasteiger partial charge on any atom is -0.495 e. The van der Waals surface area contributed by atoms with Crippen LogP contribution in [0, 0.1) is 0 Å². The number of amides is 1. The molecule has 1 heterocycles. The van der Waals surface area contributed by atoms with Crippen LogP contribution in [-0.4, -0.2) is 71.2 Å². The molecule has 1 saturated heterocycles. The van der Waals surface area contributed by atoms with E-state index in [-0.39, 0.29) is 41.2 Å². The molecule has 8 nitrogen and oxygen atoms in total. The van der Waals surface area contributed by atoms with Crippen molar-refractivity contribution in [2.75, 3.05) is 46.5 Å². The Balaban J connectivity index is 2.23. The Bertz CT molecular complexity index is 717. The standard InChI is InChI=1S/C17H27N3O5S/c1-4-18-13(2)12-19-17(21)14-5-6-15(24-3)16(11-14)26(22,23)20-7-9-25-10-8-20/h5-6,11,13,18H,4,7-10,12H2,1-3H3,(H,19,21)/t13-/m1/s1. The van der Waals surface area contributed by atoms with Crippen molar-refractivity contribution in [1.82, 2.24) is 14.9 Å². The maximum Gasteiger partial charge on any atom is 0.251 e. The third kappa shape index (κ3) is 4.94. The fourth-order valence-electron chi connectivity index (χ4n) is 2.71. The number of likely N-dealkylation sites (N-methyl/N-ethyl adjacent to an activating group) is 1. The summed E-state index contributed by atoms with van der Waals surface area (Å²) in [5.74, 6) is -0.107. The molecular formula is C17H27N3O5S. The van der Waals surface area contributed by atoms with E-state index in [1.165, 1.54) is 23.5 Å². The fraction of sp³-hybridized carbons (Fsp3) is 0.588. The van der Waals surface area contributed by atoms with Gasteiger partial charge >= 0.3 is 0 Å². The summed E-state index contributed by atoms with van der Waals surface area (Å²) in [6.07, 6.45) is 0. The minimum atomic E-state index is -3.76. The first-order valence-electron chi connectivity index (χ1n) is 8.67. The molecule has 146 valence electrons. The maximum atomic E-state index is 12.9. The Morgan fingerprint density at radius 3 is 2.65 bits per heavy atom. The summed E-state index contributed by atoms with van der Waals surface area (Å²) in [6.45, 7) is 6.47. The molecule has 1 aromatic rings. The van der Waals surface area contributed by atoms with Crippen LogP contribution in [0.15, 0.2) is 23.1 Å². The van der Waals surface area contributed by atoms with Crippen LogP contribution in [0.25, 0.3) is 0 Å². The van der Waals surface area contributed by atoms with Crippen molar-refractivity contribution in [2.24, 2.45) is 0 Å².